The summed E-state index contributed by atoms with van der Waals surface area (Å²) >= 11 is 0. The van der Waals surface area contributed by atoms with Crippen LogP contribution in [0.1, 0.15) is 23.7 Å². The minimum Gasteiger partial charge on any atom is -0.395 e. The van der Waals surface area contributed by atoms with Crippen LogP contribution in [0.25, 0.3) is 10.8 Å². The van der Waals surface area contributed by atoms with E-state index < -0.39 is 0 Å². The summed E-state index contributed by atoms with van der Waals surface area (Å²) in [7, 11) is 0. The molecule has 0 saturated heterocycles. The molecular weight excluding hydrogens is 292 g/mol. The van der Waals surface area contributed by atoms with E-state index in [0.717, 1.165) is 10.8 Å². The highest BCUT2D eigenvalue weighted by molar-refractivity contribution is 5.98. The van der Waals surface area contributed by atoms with Gasteiger partial charge in [0.2, 0.25) is 5.91 Å². The molecule has 0 aliphatic rings. The molecule has 5 nitrogen and oxygen atoms in total. The first kappa shape index (κ1) is 17.0. The van der Waals surface area contributed by atoms with Crippen LogP contribution in [0.5, 0.6) is 0 Å². The van der Waals surface area contributed by atoms with Gasteiger partial charge in [-0.3, -0.25) is 9.59 Å². The van der Waals surface area contributed by atoms with Crippen LogP contribution in [0.3, 0.4) is 0 Å². The van der Waals surface area contributed by atoms with Gasteiger partial charge in [0, 0.05) is 31.6 Å². The summed E-state index contributed by atoms with van der Waals surface area (Å²) in [6.07, 6.45) is 0.229. The number of amides is 2. The maximum Gasteiger partial charge on any atom is 0.251 e. The number of benzene rings is 2. The van der Waals surface area contributed by atoms with Gasteiger partial charge in [-0.25, -0.2) is 0 Å². The number of hydrogen-bond acceptors (Lipinski definition) is 3. The second-order valence-corrected chi connectivity index (χ2v) is 5.26. The summed E-state index contributed by atoms with van der Waals surface area (Å²) in [5.74, 6) is -0.255. The molecule has 0 aliphatic carbocycles. The quantitative estimate of drug-likeness (QED) is 0.819. The van der Waals surface area contributed by atoms with E-state index in [-0.39, 0.29) is 31.4 Å². The summed E-state index contributed by atoms with van der Waals surface area (Å²) in [6.45, 7) is 2.97. The second-order valence-electron chi connectivity index (χ2n) is 5.26. The predicted octanol–water partition coefficient (Wildman–Crippen LogP) is 1.80. The molecule has 0 saturated carbocycles. The molecule has 2 N–H and O–H groups in total. The van der Waals surface area contributed by atoms with Gasteiger partial charge < -0.3 is 15.3 Å². The third kappa shape index (κ3) is 4.53. The van der Waals surface area contributed by atoms with E-state index in [1.807, 2.05) is 43.3 Å². The van der Waals surface area contributed by atoms with E-state index in [1.54, 1.807) is 11.0 Å². The van der Waals surface area contributed by atoms with Crippen molar-refractivity contribution in [2.75, 3.05) is 26.2 Å². The molecule has 5 heteroatoms. The molecule has 0 heterocycles. The van der Waals surface area contributed by atoms with Crippen LogP contribution in [0.2, 0.25) is 0 Å². The Labute approximate surface area is 135 Å². The highest BCUT2D eigenvalue weighted by Gasteiger charge is 2.12. The van der Waals surface area contributed by atoms with E-state index in [0.29, 0.717) is 18.7 Å². The van der Waals surface area contributed by atoms with Crippen molar-refractivity contribution in [1.29, 1.82) is 0 Å². The number of hydrogen-bond donors (Lipinski definition) is 2. The minimum absolute atomic E-state index is 0.0526. The van der Waals surface area contributed by atoms with Crippen molar-refractivity contribution in [3.05, 3.63) is 48.0 Å². The highest BCUT2D eigenvalue weighted by atomic mass is 16.3. The molecule has 0 aromatic heterocycles. The zero-order valence-corrected chi connectivity index (χ0v) is 13.3. The Kier molecular flexibility index (Phi) is 6.11. The molecule has 23 heavy (non-hydrogen) atoms. The number of carbonyl (C=O) groups is 2. The standard InChI is InChI=1S/C18H22N2O3/c1-2-20(11-12-21)17(22)9-10-19-18(23)16-8-7-14-5-3-4-6-15(14)13-16/h3-8,13,21H,2,9-12H2,1H3,(H,19,23). The van der Waals surface area contributed by atoms with Gasteiger partial charge in [-0.2, -0.15) is 0 Å². The lowest BCUT2D eigenvalue weighted by molar-refractivity contribution is -0.131. The largest absolute Gasteiger partial charge is 0.395 e. The van der Waals surface area contributed by atoms with E-state index in [2.05, 4.69) is 5.32 Å². The first-order chi connectivity index (χ1) is 11.2. The van der Waals surface area contributed by atoms with Gasteiger partial charge in [-0.1, -0.05) is 30.3 Å². The van der Waals surface area contributed by atoms with Crippen LogP contribution in [0.15, 0.2) is 42.5 Å². The number of aliphatic hydroxyl groups is 1. The monoisotopic (exact) mass is 314 g/mol. The number of nitrogens with one attached hydrogen (secondary N) is 1. The van der Waals surface area contributed by atoms with Gasteiger partial charge in [0.05, 0.1) is 6.61 Å². The molecule has 0 fully saturated rings. The Bertz CT molecular complexity index is 685. The van der Waals surface area contributed by atoms with Crippen LogP contribution < -0.4 is 5.32 Å². The normalized spacial score (nSPS) is 10.5. The van der Waals surface area contributed by atoms with Gasteiger partial charge in [0.1, 0.15) is 0 Å². The fraction of sp³-hybridized carbons (Fsp3) is 0.333. The predicted molar refractivity (Wildman–Crippen MR) is 90.2 cm³/mol. The molecule has 0 unspecified atom stereocenters. The molecule has 2 amide bonds. The molecular formula is C18H22N2O3. The number of nitrogens with zero attached hydrogens (tertiary/aromatic N) is 1. The maximum absolute atomic E-state index is 12.2. The molecule has 0 atom stereocenters. The second kappa shape index (κ2) is 8.29. The fourth-order valence-corrected chi connectivity index (χ4v) is 2.45. The van der Waals surface area contributed by atoms with Crippen LogP contribution >= 0.6 is 0 Å². The third-order valence-corrected chi connectivity index (χ3v) is 3.74. The van der Waals surface area contributed by atoms with Crippen LogP contribution in [-0.2, 0) is 4.79 Å². The van der Waals surface area contributed by atoms with Gasteiger partial charge in [0.15, 0.2) is 0 Å². The van der Waals surface area contributed by atoms with E-state index in [1.165, 1.54) is 0 Å². The van der Waals surface area contributed by atoms with E-state index in [4.69, 9.17) is 5.11 Å². The van der Waals surface area contributed by atoms with Crippen molar-refractivity contribution in [3.63, 3.8) is 0 Å². The van der Waals surface area contributed by atoms with Gasteiger partial charge in [-0.15, -0.1) is 0 Å². The van der Waals surface area contributed by atoms with Crippen molar-refractivity contribution in [1.82, 2.24) is 10.2 Å². The number of aliphatic hydroxyl groups excluding tert-OH is 1. The topological polar surface area (TPSA) is 69.6 Å². The summed E-state index contributed by atoms with van der Waals surface area (Å²) in [4.78, 5) is 25.7. The lowest BCUT2D eigenvalue weighted by Gasteiger charge is -2.19. The average Bonchev–Trinajstić information content (AvgIpc) is 2.58. The number of fused-ring (bicyclic) bond motifs is 1. The minimum atomic E-state index is -0.186. The molecule has 0 radical (unpaired) electrons. The molecule has 2 aromatic carbocycles. The Morgan fingerprint density at radius 3 is 2.57 bits per heavy atom. The first-order valence-electron chi connectivity index (χ1n) is 7.81. The Morgan fingerprint density at radius 1 is 1.13 bits per heavy atom. The van der Waals surface area contributed by atoms with Crippen molar-refractivity contribution < 1.29 is 14.7 Å². The van der Waals surface area contributed by atoms with Crippen LogP contribution in [0.4, 0.5) is 0 Å². The summed E-state index contributed by atoms with van der Waals surface area (Å²) in [5.41, 5.74) is 0.582. The fourth-order valence-electron chi connectivity index (χ4n) is 2.45. The smallest absolute Gasteiger partial charge is 0.251 e. The lowest BCUT2D eigenvalue weighted by Crippen LogP contribution is -2.36. The van der Waals surface area contributed by atoms with E-state index >= 15 is 0 Å². The maximum atomic E-state index is 12.2. The Hall–Kier alpha value is -2.40. The van der Waals surface area contributed by atoms with Gasteiger partial charge in [-0.05, 0) is 29.8 Å². The summed E-state index contributed by atoms with van der Waals surface area (Å²) < 4.78 is 0. The van der Waals surface area contributed by atoms with Crippen molar-refractivity contribution in [2.45, 2.75) is 13.3 Å². The first-order valence-corrected chi connectivity index (χ1v) is 7.81. The zero-order chi connectivity index (χ0) is 16.7. The highest BCUT2D eigenvalue weighted by Crippen LogP contribution is 2.15. The molecule has 0 spiro atoms. The molecule has 122 valence electrons. The van der Waals surface area contributed by atoms with Crippen molar-refractivity contribution in [2.24, 2.45) is 0 Å². The lowest BCUT2D eigenvalue weighted by atomic mass is 10.1. The summed E-state index contributed by atoms with van der Waals surface area (Å²) in [5, 5.41) is 13.8. The van der Waals surface area contributed by atoms with Gasteiger partial charge in [0.25, 0.3) is 5.91 Å². The van der Waals surface area contributed by atoms with E-state index in [9.17, 15) is 9.59 Å². The number of carbonyl (C=O) groups excluding carboxylic acids is 2. The molecule has 2 rings (SSSR count). The number of rotatable bonds is 7. The number of likely N-dealkylation sites (N-methyl/N-ethyl adjacent to an activating group) is 1. The molecule has 0 bridgehead atoms. The Morgan fingerprint density at radius 2 is 1.87 bits per heavy atom. The zero-order valence-electron chi connectivity index (χ0n) is 13.3. The van der Waals surface area contributed by atoms with Crippen LogP contribution in [-0.4, -0.2) is 48.1 Å². The molecule has 0 aliphatic heterocycles. The van der Waals surface area contributed by atoms with Crippen LogP contribution in [0, 0.1) is 0 Å². The SMILES string of the molecule is CCN(CCO)C(=O)CCNC(=O)c1ccc2ccccc2c1. The molecule has 2 aromatic rings. The summed E-state index contributed by atoms with van der Waals surface area (Å²) in [6, 6.07) is 13.4. The van der Waals surface area contributed by atoms with Gasteiger partial charge >= 0.3 is 0 Å². The average molecular weight is 314 g/mol. The van der Waals surface area contributed by atoms with Crippen molar-refractivity contribution in [3.8, 4) is 0 Å². The van der Waals surface area contributed by atoms with Crippen molar-refractivity contribution >= 4 is 22.6 Å². The Balaban J connectivity index is 1.90. The third-order valence-electron chi connectivity index (χ3n) is 3.74.